The summed E-state index contributed by atoms with van der Waals surface area (Å²) < 4.78 is 14.0. The van der Waals surface area contributed by atoms with Gasteiger partial charge in [0.15, 0.2) is 0 Å². The molecular formula is C10H8FNO2S. The maximum absolute atomic E-state index is 14.0. The van der Waals surface area contributed by atoms with E-state index in [9.17, 15) is 14.0 Å². The van der Waals surface area contributed by atoms with Crippen LogP contribution < -0.4 is 5.32 Å². The zero-order chi connectivity index (χ0) is 10.9. The van der Waals surface area contributed by atoms with Gasteiger partial charge in [-0.3, -0.25) is 14.9 Å². The molecule has 78 valence electrons. The van der Waals surface area contributed by atoms with Crippen molar-refractivity contribution < 1.29 is 14.0 Å². The van der Waals surface area contributed by atoms with Gasteiger partial charge in [0.2, 0.25) is 5.00 Å². The molecule has 1 N–H and O–H groups in total. The molecule has 1 aromatic rings. The minimum Gasteiger partial charge on any atom is -0.283 e. The maximum Gasteiger partial charge on any atom is 0.289 e. The molecule has 1 heterocycles. The Morgan fingerprint density at radius 2 is 1.93 bits per heavy atom. The number of amides is 2. The van der Waals surface area contributed by atoms with Crippen molar-refractivity contribution in [3.63, 3.8) is 0 Å². The highest BCUT2D eigenvalue weighted by molar-refractivity contribution is 8.15. The summed E-state index contributed by atoms with van der Waals surface area (Å²) in [6.45, 7) is 0. The monoisotopic (exact) mass is 225 g/mol. The van der Waals surface area contributed by atoms with Crippen molar-refractivity contribution in [2.45, 2.75) is 11.4 Å². The van der Waals surface area contributed by atoms with Gasteiger partial charge in [0.1, 0.15) is 0 Å². The molecule has 0 aromatic heterocycles. The standard InChI is InChI=1S/C10H8FNO2S/c11-10(8(13)12-9(14)15-10)6-7-4-2-1-3-5-7/h1-5H,6H2,(H,12,13,14). The highest BCUT2D eigenvalue weighted by atomic mass is 32.2. The van der Waals surface area contributed by atoms with Crippen molar-refractivity contribution >= 4 is 22.9 Å². The van der Waals surface area contributed by atoms with Crippen LogP contribution in [-0.4, -0.2) is 16.1 Å². The minimum atomic E-state index is -2.15. The van der Waals surface area contributed by atoms with Crippen molar-refractivity contribution in [3.8, 4) is 0 Å². The molecule has 2 amide bonds. The molecule has 3 nitrogen and oxygen atoms in total. The summed E-state index contributed by atoms with van der Waals surface area (Å²) >= 11 is 0.405. The van der Waals surface area contributed by atoms with Crippen LogP contribution in [0.5, 0.6) is 0 Å². The lowest BCUT2D eigenvalue weighted by molar-refractivity contribution is -0.125. The maximum atomic E-state index is 14.0. The minimum absolute atomic E-state index is 0.0872. The van der Waals surface area contributed by atoms with E-state index in [1.165, 1.54) is 0 Å². The van der Waals surface area contributed by atoms with Crippen LogP contribution in [0.1, 0.15) is 5.56 Å². The molecule has 1 aromatic carbocycles. The number of carbonyl (C=O) groups excluding carboxylic acids is 2. The molecular weight excluding hydrogens is 217 g/mol. The number of imide groups is 1. The number of hydrogen-bond donors (Lipinski definition) is 1. The van der Waals surface area contributed by atoms with Crippen LogP contribution in [0, 0.1) is 0 Å². The molecule has 1 saturated heterocycles. The highest BCUT2D eigenvalue weighted by Gasteiger charge is 2.48. The molecule has 0 saturated carbocycles. The Balaban J connectivity index is 2.18. The Labute approximate surface area is 90.0 Å². The van der Waals surface area contributed by atoms with Crippen LogP contribution in [0.15, 0.2) is 30.3 Å². The van der Waals surface area contributed by atoms with Gasteiger partial charge < -0.3 is 0 Å². The zero-order valence-corrected chi connectivity index (χ0v) is 8.51. The average Bonchev–Trinajstić information content (AvgIpc) is 2.41. The summed E-state index contributed by atoms with van der Waals surface area (Å²) in [6.07, 6.45) is -0.0872. The third-order valence-electron chi connectivity index (χ3n) is 2.08. The fraction of sp³-hybridized carbons (Fsp3) is 0.200. The molecule has 1 aliphatic heterocycles. The van der Waals surface area contributed by atoms with E-state index >= 15 is 0 Å². The molecule has 2 rings (SSSR count). The first-order valence-electron chi connectivity index (χ1n) is 4.37. The zero-order valence-electron chi connectivity index (χ0n) is 7.70. The summed E-state index contributed by atoms with van der Waals surface area (Å²) in [4.78, 5) is 22.0. The molecule has 0 aliphatic carbocycles. The van der Waals surface area contributed by atoms with Crippen LogP contribution in [0.25, 0.3) is 0 Å². The summed E-state index contributed by atoms with van der Waals surface area (Å²) in [5.74, 6) is -0.860. The molecule has 1 aliphatic rings. The largest absolute Gasteiger partial charge is 0.289 e. The number of alkyl halides is 1. The van der Waals surface area contributed by atoms with E-state index in [4.69, 9.17) is 0 Å². The van der Waals surface area contributed by atoms with Crippen LogP contribution >= 0.6 is 11.8 Å². The summed E-state index contributed by atoms with van der Waals surface area (Å²) in [6, 6.07) is 8.77. The fourth-order valence-corrected chi connectivity index (χ4v) is 2.20. The first-order chi connectivity index (χ1) is 7.10. The SMILES string of the molecule is O=C1NC(=O)C(F)(Cc2ccccc2)S1. The van der Waals surface area contributed by atoms with Crippen LogP contribution in [0.2, 0.25) is 0 Å². The van der Waals surface area contributed by atoms with E-state index in [-0.39, 0.29) is 6.42 Å². The third-order valence-corrected chi connectivity index (χ3v) is 3.02. The predicted molar refractivity (Wildman–Crippen MR) is 55.1 cm³/mol. The lowest BCUT2D eigenvalue weighted by Gasteiger charge is -2.13. The average molecular weight is 225 g/mol. The van der Waals surface area contributed by atoms with Crippen molar-refractivity contribution in [2.75, 3.05) is 0 Å². The first-order valence-corrected chi connectivity index (χ1v) is 5.19. The van der Waals surface area contributed by atoms with Crippen LogP contribution in [0.4, 0.5) is 9.18 Å². The van der Waals surface area contributed by atoms with Gasteiger partial charge >= 0.3 is 0 Å². The summed E-state index contributed by atoms with van der Waals surface area (Å²) in [5, 5.41) is -0.843. The molecule has 1 fully saturated rings. The molecule has 1 atom stereocenters. The quantitative estimate of drug-likeness (QED) is 0.835. The second kappa shape index (κ2) is 3.66. The van der Waals surface area contributed by atoms with Crippen molar-refractivity contribution in [1.29, 1.82) is 0 Å². The number of rotatable bonds is 2. The third kappa shape index (κ3) is 2.02. The lowest BCUT2D eigenvalue weighted by Crippen LogP contribution is -2.34. The number of hydrogen-bond acceptors (Lipinski definition) is 3. The highest BCUT2D eigenvalue weighted by Crippen LogP contribution is 2.36. The molecule has 5 heteroatoms. The number of thioether (sulfide) groups is 1. The van der Waals surface area contributed by atoms with Crippen LogP contribution in [-0.2, 0) is 11.2 Å². The topological polar surface area (TPSA) is 46.2 Å². The van der Waals surface area contributed by atoms with Gasteiger partial charge in [-0.05, 0) is 17.3 Å². The Kier molecular flexibility index (Phi) is 2.48. The second-order valence-corrected chi connectivity index (χ2v) is 4.46. The van der Waals surface area contributed by atoms with Crippen molar-refractivity contribution in [2.24, 2.45) is 0 Å². The van der Waals surface area contributed by atoms with E-state index < -0.39 is 16.1 Å². The molecule has 15 heavy (non-hydrogen) atoms. The van der Waals surface area contributed by atoms with Crippen molar-refractivity contribution in [3.05, 3.63) is 35.9 Å². The number of halogens is 1. The summed E-state index contributed by atoms with van der Waals surface area (Å²) in [7, 11) is 0. The van der Waals surface area contributed by atoms with E-state index in [0.717, 1.165) is 0 Å². The van der Waals surface area contributed by atoms with Crippen molar-refractivity contribution in [1.82, 2.24) is 5.32 Å². The van der Waals surface area contributed by atoms with Gasteiger partial charge in [-0.25, -0.2) is 4.39 Å². The Morgan fingerprint density at radius 1 is 1.27 bits per heavy atom. The van der Waals surface area contributed by atoms with E-state index in [1.807, 2.05) is 5.32 Å². The van der Waals surface area contributed by atoms with E-state index in [2.05, 4.69) is 0 Å². The number of carbonyl (C=O) groups is 2. The molecule has 1 unspecified atom stereocenters. The normalized spacial score (nSPS) is 25.4. The Hall–Kier alpha value is -1.36. The van der Waals surface area contributed by atoms with Gasteiger partial charge in [-0.1, -0.05) is 30.3 Å². The first kappa shape index (κ1) is 10.2. The number of benzene rings is 1. The van der Waals surface area contributed by atoms with E-state index in [0.29, 0.717) is 17.3 Å². The smallest absolute Gasteiger partial charge is 0.283 e. The summed E-state index contributed by atoms with van der Waals surface area (Å²) in [5.41, 5.74) is 0.692. The second-order valence-electron chi connectivity index (χ2n) is 3.23. The van der Waals surface area contributed by atoms with Gasteiger partial charge in [0, 0.05) is 6.42 Å². The molecule has 0 spiro atoms. The Morgan fingerprint density at radius 3 is 2.47 bits per heavy atom. The van der Waals surface area contributed by atoms with Crippen LogP contribution in [0.3, 0.4) is 0 Å². The predicted octanol–water partition coefficient (Wildman–Crippen LogP) is 1.88. The van der Waals surface area contributed by atoms with Gasteiger partial charge in [-0.2, -0.15) is 0 Å². The van der Waals surface area contributed by atoms with Gasteiger partial charge in [0.25, 0.3) is 11.1 Å². The number of nitrogens with one attached hydrogen (secondary N) is 1. The Bertz CT molecular complexity index is 409. The van der Waals surface area contributed by atoms with Gasteiger partial charge in [-0.15, -0.1) is 0 Å². The molecule has 0 radical (unpaired) electrons. The lowest BCUT2D eigenvalue weighted by atomic mass is 10.1. The fourth-order valence-electron chi connectivity index (χ4n) is 1.38. The molecule has 0 bridgehead atoms. The van der Waals surface area contributed by atoms with E-state index in [1.54, 1.807) is 30.3 Å². The van der Waals surface area contributed by atoms with Gasteiger partial charge in [0.05, 0.1) is 0 Å².